The van der Waals surface area contributed by atoms with Gasteiger partial charge in [-0.3, -0.25) is 4.79 Å². The molecule has 0 heterocycles. The molecule has 3 heteroatoms. The molecule has 1 fully saturated rings. The Balaban J connectivity index is 1.91. The summed E-state index contributed by atoms with van der Waals surface area (Å²) in [5.74, 6) is 1.41. The monoisotopic (exact) mass is 270 g/mol. The Bertz CT molecular complexity index is 347. The van der Waals surface area contributed by atoms with Crippen LogP contribution < -0.4 is 0 Å². The van der Waals surface area contributed by atoms with Gasteiger partial charge in [-0.2, -0.15) is 0 Å². The Hall–Kier alpha value is -0.280. The van der Waals surface area contributed by atoms with E-state index < -0.39 is 0 Å². The van der Waals surface area contributed by atoms with Crippen LogP contribution in [0.4, 0.5) is 0 Å². The summed E-state index contributed by atoms with van der Waals surface area (Å²) in [6.45, 7) is 0. The lowest BCUT2D eigenvalue weighted by molar-refractivity contribution is -0.117. The van der Waals surface area contributed by atoms with Gasteiger partial charge in [-0.25, -0.2) is 0 Å². The molecule has 1 aliphatic carbocycles. The van der Waals surface area contributed by atoms with Crippen LogP contribution in [-0.2, 0) is 4.79 Å². The summed E-state index contributed by atoms with van der Waals surface area (Å²) in [5.41, 5.74) is 0. The van der Waals surface area contributed by atoms with E-state index in [0.29, 0.717) is 17.5 Å². The summed E-state index contributed by atoms with van der Waals surface area (Å²) in [4.78, 5) is 12.6. The van der Waals surface area contributed by atoms with Crippen molar-refractivity contribution in [3.63, 3.8) is 0 Å². The number of halogens is 1. The quantitative estimate of drug-likeness (QED) is 0.779. The van der Waals surface area contributed by atoms with Crippen molar-refractivity contribution in [1.82, 2.24) is 0 Å². The number of benzene rings is 1. The summed E-state index contributed by atoms with van der Waals surface area (Å²) < 4.78 is 1.08. The van der Waals surface area contributed by atoms with E-state index in [4.69, 9.17) is 0 Å². The van der Waals surface area contributed by atoms with E-state index in [2.05, 4.69) is 15.9 Å². The Morgan fingerprint density at radius 1 is 1.43 bits per heavy atom. The van der Waals surface area contributed by atoms with Gasteiger partial charge in [0.15, 0.2) is 0 Å². The summed E-state index contributed by atoms with van der Waals surface area (Å²) in [7, 11) is 0. The molecule has 0 aliphatic heterocycles. The molecule has 1 saturated carbocycles. The van der Waals surface area contributed by atoms with E-state index in [1.54, 1.807) is 11.8 Å². The fourth-order valence-electron chi connectivity index (χ4n) is 1.23. The van der Waals surface area contributed by atoms with E-state index in [1.165, 1.54) is 0 Å². The van der Waals surface area contributed by atoms with Crippen LogP contribution in [0.1, 0.15) is 12.8 Å². The van der Waals surface area contributed by atoms with E-state index in [9.17, 15) is 4.79 Å². The maximum atomic E-state index is 11.5. The molecule has 0 bridgehead atoms. The van der Waals surface area contributed by atoms with Crippen LogP contribution in [0.15, 0.2) is 33.6 Å². The zero-order valence-electron chi connectivity index (χ0n) is 7.70. The molecule has 14 heavy (non-hydrogen) atoms. The molecule has 1 aromatic carbocycles. The van der Waals surface area contributed by atoms with Gasteiger partial charge < -0.3 is 0 Å². The zero-order valence-corrected chi connectivity index (χ0v) is 10.1. The lowest BCUT2D eigenvalue weighted by Gasteiger charge is -2.02. The van der Waals surface area contributed by atoms with Gasteiger partial charge >= 0.3 is 0 Å². The van der Waals surface area contributed by atoms with E-state index >= 15 is 0 Å². The first kappa shape index (κ1) is 10.2. The second-order valence-electron chi connectivity index (χ2n) is 3.46. The average Bonchev–Trinajstić information content (AvgIpc) is 2.99. The van der Waals surface area contributed by atoms with Crippen LogP contribution in [0.2, 0.25) is 0 Å². The number of hydrogen-bond acceptors (Lipinski definition) is 2. The highest BCUT2D eigenvalue weighted by atomic mass is 79.9. The molecule has 2 rings (SSSR count). The predicted octanol–water partition coefficient (Wildman–Crippen LogP) is 3.52. The highest BCUT2D eigenvalue weighted by molar-refractivity contribution is 9.10. The third-order valence-electron chi connectivity index (χ3n) is 2.24. The molecule has 0 unspecified atom stereocenters. The Kier molecular flexibility index (Phi) is 3.29. The Labute approximate surface area is 96.4 Å². The maximum Gasteiger partial charge on any atom is 0.146 e. The molecule has 0 spiro atoms. The summed E-state index contributed by atoms with van der Waals surface area (Å²) >= 11 is 5.09. The summed E-state index contributed by atoms with van der Waals surface area (Å²) in [6, 6.07) is 8.02. The number of ketones is 1. The van der Waals surface area contributed by atoms with Crippen molar-refractivity contribution < 1.29 is 4.79 Å². The molecule has 1 aromatic rings. The largest absolute Gasteiger partial charge is 0.298 e. The van der Waals surface area contributed by atoms with Gasteiger partial charge in [-0.1, -0.05) is 12.1 Å². The number of rotatable bonds is 4. The number of carbonyl (C=O) groups is 1. The molecule has 1 aliphatic rings. The van der Waals surface area contributed by atoms with Gasteiger partial charge in [-0.15, -0.1) is 11.8 Å². The first-order chi connectivity index (χ1) is 6.77. The smallest absolute Gasteiger partial charge is 0.146 e. The molecule has 0 radical (unpaired) electrons. The van der Waals surface area contributed by atoms with Crippen molar-refractivity contribution in [2.24, 2.45) is 5.92 Å². The fourth-order valence-corrected chi connectivity index (χ4v) is 2.78. The highest BCUT2D eigenvalue weighted by Crippen LogP contribution is 2.33. The molecule has 0 amide bonds. The standard InChI is InChI=1S/C11H11BrOS/c12-9-3-1-2-4-11(9)14-7-10(13)8-5-6-8/h1-4,8H,5-7H2. The molecule has 0 N–H and O–H groups in total. The second-order valence-corrected chi connectivity index (χ2v) is 5.33. The van der Waals surface area contributed by atoms with Gasteiger partial charge in [0.05, 0.1) is 5.75 Å². The molecule has 0 saturated heterocycles. The van der Waals surface area contributed by atoms with E-state index in [0.717, 1.165) is 22.2 Å². The van der Waals surface area contributed by atoms with Gasteiger partial charge in [0.25, 0.3) is 0 Å². The van der Waals surface area contributed by atoms with Crippen LogP contribution in [-0.4, -0.2) is 11.5 Å². The lowest BCUT2D eigenvalue weighted by Crippen LogP contribution is -2.02. The zero-order chi connectivity index (χ0) is 9.97. The van der Waals surface area contributed by atoms with Crippen molar-refractivity contribution in [2.45, 2.75) is 17.7 Å². The van der Waals surface area contributed by atoms with Crippen molar-refractivity contribution in [3.05, 3.63) is 28.7 Å². The minimum Gasteiger partial charge on any atom is -0.298 e. The normalized spacial score (nSPS) is 15.5. The predicted molar refractivity (Wildman–Crippen MR) is 62.6 cm³/mol. The summed E-state index contributed by atoms with van der Waals surface area (Å²) in [6.07, 6.45) is 2.21. The van der Waals surface area contributed by atoms with Crippen LogP contribution in [0.3, 0.4) is 0 Å². The molecular weight excluding hydrogens is 260 g/mol. The van der Waals surface area contributed by atoms with Crippen LogP contribution in [0.25, 0.3) is 0 Å². The SMILES string of the molecule is O=C(CSc1ccccc1Br)C1CC1. The third-order valence-corrected chi connectivity index (χ3v) is 4.29. The number of carbonyl (C=O) groups excluding carboxylic acids is 1. The third kappa shape index (κ3) is 2.61. The number of Topliss-reactive ketones (excluding diaryl/α,β-unsaturated/α-hetero) is 1. The van der Waals surface area contributed by atoms with Gasteiger partial charge in [0.1, 0.15) is 5.78 Å². The van der Waals surface area contributed by atoms with Crippen molar-refractivity contribution in [3.8, 4) is 0 Å². The minimum atomic E-state index is 0.380. The topological polar surface area (TPSA) is 17.1 Å². The molecule has 1 nitrogen and oxygen atoms in total. The molecule has 74 valence electrons. The molecule has 0 atom stereocenters. The van der Waals surface area contributed by atoms with Gasteiger partial charge in [-0.05, 0) is 40.9 Å². The van der Waals surface area contributed by atoms with Crippen molar-refractivity contribution in [2.75, 3.05) is 5.75 Å². The van der Waals surface area contributed by atoms with E-state index in [-0.39, 0.29) is 0 Å². The number of hydrogen-bond donors (Lipinski definition) is 0. The van der Waals surface area contributed by atoms with Crippen LogP contribution in [0, 0.1) is 5.92 Å². The molecule has 0 aromatic heterocycles. The van der Waals surface area contributed by atoms with Gasteiger partial charge in [0, 0.05) is 15.3 Å². The van der Waals surface area contributed by atoms with Crippen LogP contribution in [0.5, 0.6) is 0 Å². The molecular formula is C11H11BrOS. The fraction of sp³-hybridized carbons (Fsp3) is 0.364. The lowest BCUT2D eigenvalue weighted by atomic mass is 10.3. The van der Waals surface area contributed by atoms with Crippen molar-refractivity contribution in [1.29, 1.82) is 0 Å². The maximum absolute atomic E-state index is 11.5. The highest BCUT2D eigenvalue weighted by Gasteiger charge is 2.28. The summed E-state index contributed by atoms with van der Waals surface area (Å²) in [5, 5.41) is 0. The minimum absolute atomic E-state index is 0.380. The first-order valence-corrected chi connectivity index (χ1v) is 6.45. The van der Waals surface area contributed by atoms with E-state index in [1.807, 2.05) is 24.3 Å². The average molecular weight is 271 g/mol. The van der Waals surface area contributed by atoms with Gasteiger partial charge in [0.2, 0.25) is 0 Å². The first-order valence-electron chi connectivity index (χ1n) is 4.67. The van der Waals surface area contributed by atoms with Crippen molar-refractivity contribution >= 4 is 33.5 Å². The Morgan fingerprint density at radius 3 is 2.79 bits per heavy atom. The number of thioether (sulfide) groups is 1. The Morgan fingerprint density at radius 2 is 2.14 bits per heavy atom. The van der Waals surface area contributed by atoms with Crippen LogP contribution >= 0.6 is 27.7 Å². The second kappa shape index (κ2) is 4.49.